The standard InChI is InChI=1S/C27H36O10/c1-27(2,21-7-17(11-32-3)25(36-15-23(28)29)18(8-21)12-33-4)22-9-19(13-34-5)26(37-16-24(30)31)20(10-22)14-35-6/h7-10H,11-16H2,1-6H3,(H,28,29)(H,30,31). The van der Waals surface area contributed by atoms with Gasteiger partial charge in [-0.25, -0.2) is 9.59 Å². The highest BCUT2D eigenvalue weighted by Gasteiger charge is 2.29. The largest absolute Gasteiger partial charge is 0.481 e. The van der Waals surface area contributed by atoms with Crippen molar-refractivity contribution in [2.75, 3.05) is 41.7 Å². The lowest BCUT2D eigenvalue weighted by atomic mass is 9.76. The van der Waals surface area contributed by atoms with Gasteiger partial charge in [0, 0.05) is 56.1 Å². The highest BCUT2D eigenvalue weighted by Crippen LogP contribution is 2.40. The first kappa shape index (κ1) is 30.0. The molecule has 204 valence electrons. The van der Waals surface area contributed by atoms with Crippen LogP contribution >= 0.6 is 0 Å². The van der Waals surface area contributed by atoms with Gasteiger partial charge in [-0.05, 0) is 35.4 Å². The minimum Gasteiger partial charge on any atom is -0.481 e. The second-order valence-electron chi connectivity index (χ2n) is 8.97. The summed E-state index contributed by atoms with van der Waals surface area (Å²) in [7, 11) is 6.22. The van der Waals surface area contributed by atoms with Crippen LogP contribution in [0.15, 0.2) is 24.3 Å². The summed E-state index contributed by atoms with van der Waals surface area (Å²) in [5, 5.41) is 18.3. The van der Waals surface area contributed by atoms with E-state index < -0.39 is 30.6 Å². The molecule has 0 unspecified atom stereocenters. The number of carbonyl (C=O) groups is 2. The molecule has 10 heteroatoms. The van der Waals surface area contributed by atoms with Gasteiger partial charge < -0.3 is 38.6 Å². The first-order valence-electron chi connectivity index (χ1n) is 11.6. The van der Waals surface area contributed by atoms with Crippen molar-refractivity contribution >= 4 is 11.9 Å². The van der Waals surface area contributed by atoms with E-state index in [2.05, 4.69) is 0 Å². The van der Waals surface area contributed by atoms with Crippen LogP contribution in [0.5, 0.6) is 11.5 Å². The molecule has 0 saturated heterocycles. The molecule has 0 aromatic heterocycles. The fourth-order valence-corrected chi connectivity index (χ4v) is 4.09. The minimum atomic E-state index is -1.09. The van der Waals surface area contributed by atoms with E-state index in [1.165, 1.54) is 0 Å². The van der Waals surface area contributed by atoms with Crippen LogP contribution in [0, 0.1) is 0 Å². The molecule has 0 heterocycles. The maximum atomic E-state index is 11.2. The molecule has 0 atom stereocenters. The third-order valence-electron chi connectivity index (χ3n) is 5.81. The SMILES string of the molecule is COCc1cc(C(C)(C)c2cc(COC)c(OCC(=O)O)c(COC)c2)cc(COC)c1OCC(=O)O. The molecule has 0 spiro atoms. The Balaban J connectivity index is 2.70. The number of aliphatic carboxylic acids is 2. The second kappa shape index (κ2) is 13.9. The Bertz CT molecular complexity index is 939. The van der Waals surface area contributed by atoms with Crippen molar-refractivity contribution in [1.29, 1.82) is 0 Å². The molecule has 0 aliphatic heterocycles. The Labute approximate surface area is 217 Å². The average Bonchev–Trinajstić information content (AvgIpc) is 2.83. The molecule has 37 heavy (non-hydrogen) atoms. The summed E-state index contributed by atoms with van der Waals surface area (Å²) in [5.74, 6) is -1.33. The Kier molecular flexibility index (Phi) is 11.3. The smallest absolute Gasteiger partial charge is 0.341 e. The number of hydrogen-bond acceptors (Lipinski definition) is 8. The van der Waals surface area contributed by atoms with E-state index in [1.54, 1.807) is 28.4 Å². The Morgan fingerprint density at radius 2 is 0.892 bits per heavy atom. The fourth-order valence-electron chi connectivity index (χ4n) is 4.09. The minimum absolute atomic E-state index is 0.210. The van der Waals surface area contributed by atoms with Gasteiger partial charge in [0.1, 0.15) is 11.5 Å². The number of carboxylic acid groups (broad SMARTS) is 2. The van der Waals surface area contributed by atoms with Crippen LogP contribution in [0.4, 0.5) is 0 Å². The monoisotopic (exact) mass is 520 g/mol. The Morgan fingerprint density at radius 3 is 1.11 bits per heavy atom. The van der Waals surface area contributed by atoms with Crippen LogP contribution in [0.3, 0.4) is 0 Å². The zero-order valence-corrected chi connectivity index (χ0v) is 22.2. The molecule has 0 aliphatic rings. The fraction of sp³-hybridized carbons (Fsp3) is 0.481. The lowest BCUT2D eigenvalue weighted by Gasteiger charge is -2.30. The number of ether oxygens (including phenoxy) is 6. The van der Waals surface area contributed by atoms with E-state index in [1.807, 2.05) is 38.1 Å². The van der Waals surface area contributed by atoms with Gasteiger partial charge in [-0.15, -0.1) is 0 Å². The number of methoxy groups -OCH3 is 4. The summed E-state index contributed by atoms with van der Waals surface area (Å²) in [6.45, 7) is 3.95. The first-order chi connectivity index (χ1) is 17.6. The Hall–Kier alpha value is -3.18. The van der Waals surface area contributed by atoms with Gasteiger partial charge in [-0.1, -0.05) is 13.8 Å². The quantitative estimate of drug-likeness (QED) is 0.339. The highest BCUT2D eigenvalue weighted by atomic mass is 16.5. The van der Waals surface area contributed by atoms with Crippen molar-refractivity contribution < 1.29 is 48.2 Å². The molecular formula is C27H36O10. The van der Waals surface area contributed by atoms with Gasteiger partial charge in [-0.2, -0.15) is 0 Å². The van der Waals surface area contributed by atoms with Gasteiger partial charge in [-0.3, -0.25) is 0 Å². The summed E-state index contributed by atoms with van der Waals surface area (Å²) < 4.78 is 32.8. The predicted molar refractivity (Wildman–Crippen MR) is 134 cm³/mol. The molecule has 0 fully saturated rings. The highest BCUT2D eigenvalue weighted by molar-refractivity contribution is 5.69. The van der Waals surface area contributed by atoms with Crippen molar-refractivity contribution in [2.24, 2.45) is 0 Å². The van der Waals surface area contributed by atoms with Crippen molar-refractivity contribution in [3.63, 3.8) is 0 Å². The molecule has 0 saturated carbocycles. The number of hydrogen-bond donors (Lipinski definition) is 2. The zero-order valence-electron chi connectivity index (χ0n) is 22.2. The third-order valence-corrected chi connectivity index (χ3v) is 5.81. The van der Waals surface area contributed by atoms with Crippen LogP contribution in [-0.2, 0) is 60.4 Å². The van der Waals surface area contributed by atoms with Crippen molar-refractivity contribution in [3.05, 3.63) is 57.6 Å². The lowest BCUT2D eigenvalue weighted by Crippen LogP contribution is -2.22. The van der Waals surface area contributed by atoms with Crippen LogP contribution in [-0.4, -0.2) is 63.8 Å². The van der Waals surface area contributed by atoms with Crippen molar-refractivity contribution in [2.45, 2.75) is 45.7 Å². The molecule has 2 N–H and O–H groups in total. The van der Waals surface area contributed by atoms with Gasteiger partial charge in [0.05, 0.1) is 26.4 Å². The molecular weight excluding hydrogens is 484 g/mol. The molecule has 2 aromatic rings. The van der Waals surface area contributed by atoms with Gasteiger partial charge in [0.15, 0.2) is 13.2 Å². The topological polar surface area (TPSA) is 130 Å². The van der Waals surface area contributed by atoms with E-state index in [4.69, 9.17) is 38.6 Å². The number of carboxylic acids is 2. The van der Waals surface area contributed by atoms with Crippen LogP contribution in [0.1, 0.15) is 47.2 Å². The van der Waals surface area contributed by atoms with Crippen molar-refractivity contribution in [1.82, 2.24) is 0 Å². The third kappa shape index (κ3) is 7.90. The van der Waals surface area contributed by atoms with E-state index in [0.717, 1.165) is 11.1 Å². The van der Waals surface area contributed by atoms with E-state index in [-0.39, 0.29) is 26.4 Å². The molecule has 0 amide bonds. The van der Waals surface area contributed by atoms with Gasteiger partial charge in [0.2, 0.25) is 0 Å². The van der Waals surface area contributed by atoms with E-state index in [9.17, 15) is 9.59 Å². The zero-order chi connectivity index (χ0) is 27.6. The predicted octanol–water partition coefficient (Wildman–Crippen LogP) is 3.52. The summed E-state index contributed by atoms with van der Waals surface area (Å²) in [5.41, 5.74) is 4.04. The molecule has 10 nitrogen and oxygen atoms in total. The summed E-state index contributed by atoms with van der Waals surface area (Å²) in [6.07, 6.45) is 0. The first-order valence-corrected chi connectivity index (χ1v) is 11.6. The maximum Gasteiger partial charge on any atom is 0.341 e. The van der Waals surface area contributed by atoms with E-state index >= 15 is 0 Å². The molecule has 0 bridgehead atoms. The number of benzene rings is 2. The van der Waals surface area contributed by atoms with Crippen LogP contribution in [0.25, 0.3) is 0 Å². The summed E-state index contributed by atoms with van der Waals surface area (Å²) >= 11 is 0. The normalized spacial score (nSPS) is 11.4. The Morgan fingerprint density at radius 1 is 0.622 bits per heavy atom. The number of rotatable bonds is 16. The van der Waals surface area contributed by atoms with Crippen LogP contribution in [0.2, 0.25) is 0 Å². The summed E-state index contributed by atoms with van der Waals surface area (Å²) in [4.78, 5) is 22.3. The van der Waals surface area contributed by atoms with E-state index in [0.29, 0.717) is 33.8 Å². The van der Waals surface area contributed by atoms with Crippen LogP contribution < -0.4 is 9.47 Å². The summed E-state index contributed by atoms with van der Waals surface area (Å²) in [6, 6.07) is 7.72. The molecule has 0 radical (unpaired) electrons. The average molecular weight is 521 g/mol. The molecule has 2 rings (SSSR count). The van der Waals surface area contributed by atoms with Gasteiger partial charge >= 0.3 is 11.9 Å². The second-order valence-corrected chi connectivity index (χ2v) is 8.97. The van der Waals surface area contributed by atoms with Gasteiger partial charge in [0.25, 0.3) is 0 Å². The lowest BCUT2D eigenvalue weighted by molar-refractivity contribution is -0.140. The molecule has 0 aliphatic carbocycles. The van der Waals surface area contributed by atoms with Crippen molar-refractivity contribution in [3.8, 4) is 11.5 Å². The maximum absolute atomic E-state index is 11.2. The molecule has 2 aromatic carbocycles.